The minimum absolute atomic E-state index is 0.0473. The summed E-state index contributed by atoms with van der Waals surface area (Å²) in [5, 5.41) is 0. The molecule has 0 aliphatic heterocycles. The van der Waals surface area contributed by atoms with Gasteiger partial charge >= 0.3 is 19.8 Å². The summed E-state index contributed by atoms with van der Waals surface area (Å²) in [5.74, 6) is -0.877. The summed E-state index contributed by atoms with van der Waals surface area (Å²) in [6.45, 7) is 3.62. The molecule has 0 aromatic rings. The third-order valence-electron chi connectivity index (χ3n) is 7.28. The summed E-state index contributed by atoms with van der Waals surface area (Å²) in [5.41, 5.74) is 5.32. The van der Waals surface area contributed by atoms with Crippen molar-refractivity contribution in [3.8, 4) is 0 Å². The van der Waals surface area contributed by atoms with Crippen LogP contribution in [0.2, 0.25) is 0 Å². The van der Waals surface area contributed by atoms with Crippen LogP contribution < -0.4 is 5.73 Å². The van der Waals surface area contributed by atoms with Gasteiger partial charge in [-0.2, -0.15) is 0 Å². The standard InChI is InChI=1S/C36H66NO8P/c1-3-5-7-9-11-13-15-16-17-18-19-21-23-25-27-29-36(39)45-34(33-44-46(40,41)43-31-30-37)32-42-35(38)28-26-24-22-20-14-12-10-8-6-4-2/h11,13,16-17,19,21,34H,3-10,12,14-15,18,20,22-33,37H2,1-2H3,(H,40,41)/b13-11+,17-16+,21-19+/t34-/m1/s1. The van der Waals surface area contributed by atoms with Crippen LogP contribution in [-0.2, 0) is 32.7 Å². The molecule has 0 fully saturated rings. The van der Waals surface area contributed by atoms with Crippen LogP contribution in [0.25, 0.3) is 0 Å². The fourth-order valence-corrected chi connectivity index (χ4v) is 5.35. The van der Waals surface area contributed by atoms with E-state index in [1.165, 1.54) is 64.2 Å². The molecule has 0 aliphatic carbocycles. The van der Waals surface area contributed by atoms with Crippen molar-refractivity contribution in [3.63, 3.8) is 0 Å². The van der Waals surface area contributed by atoms with Crippen molar-refractivity contribution in [2.45, 2.75) is 155 Å². The Hall–Kier alpha value is -1.77. The third kappa shape index (κ3) is 32.2. The summed E-state index contributed by atoms with van der Waals surface area (Å²) in [4.78, 5) is 34.6. The van der Waals surface area contributed by atoms with Gasteiger partial charge in [0, 0.05) is 19.4 Å². The Morgan fingerprint density at radius 3 is 1.72 bits per heavy atom. The second kappa shape index (κ2) is 33.1. The normalized spacial score (nSPS) is 13.9. The Kier molecular flexibility index (Phi) is 31.9. The van der Waals surface area contributed by atoms with E-state index in [4.69, 9.17) is 24.3 Å². The van der Waals surface area contributed by atoms with E-state index < -0.39 is 32.5 Å². The lowest BCUT2D eigenvalue weighted by Gasteiger charge is -2.19. The van der Waals surface area contributed by atoms with Crippen molar-refractivity contribution in [2.24, 2.45) is 5.73 Å². The Morgan fingerprint density at radius 1 is 0.652 bits per heavy atom. The summed E-state index contributed by atoms with van der Waals surface area (Å²) in [7, 11) is -4.37. The van der Waals surface area contributed by atoms with Crippen LogP contribution in [0, 0.1) is 0 Å². The van der Waals surface area contributed by atoms with Gasteiger partial charge in [-0.3, -0.25) is 18.6 Å². The molecule has 46 heavy (non-hydrogen) atoms. The van der Waals surface area contributed by atoms with Crippen molar-refractivity contribution in [1.29, 1.82) is 0 Å². The van der Waals surface area contributed by atoms with Gasteiger partial charge in [-0.05, 0) is 51.4 Å². The summed E-state index contributed by atoms with van der Waals surface area (Å²) in [6, 6.07) is 0. The van der Waals surface area contributed by atoms with E-state index >= 15 is 0 Å². The summed E-state index contributed by atoms with van der Waals surface area (Å²) < 4.78 is 32.5. The predicted octanol–water partition coefficient (Wildman–Crippen LogP) is 9.43. The molecule has 0 radical (unpaired) electrons. The number of carbonyl (C=O) groups is 2. The van der Waals surface area contributed by atoms with Crippen LogP contribution in [0.15, 0.2) is 36.5 Å². The molecule has 3 N–H and O–H groups in total. The zero-order chi connectivity index (χ0) is 34.0. The molecule has 0 aromatic carbocycles. The molecule has 9 nitrogen and oxygen atoms in total. The van der Waals surface area contributed by atoms with E-state index in [1.54, 1.807) is 0 Å². The Labute approximate surface area is 280 Å². The minimum atomic E-state index is -4.37. The lowest BCUT2D eigenvalue weighted by Crippen LogP contribution is -2.29. The number of esters is 2. The zero-order valence-electron chi connectivity index (χ0n) is 29.0. The highest BCUT2D eigenvalue weighted by Gasteiger charge is 2.25. The number of allylic oxidation sites excluding steroid dienone is 6. The highest BCUT2D eigenvalue weighted by atomic mass is 31.2. The third-order valence-corrected chi connectivity index (χ3v) is 8.26. The first-order valence-corrected chi connectivity index (χ1v) is 19.5. The van der Waals surface area contributed by atoms with E-state index in [1.807, 2.05) is 0 Å². The average Bonchev–Trinajstić information content (AvgIpc) is 3.04. The van der Waals surface area contributed by atoms with Gasteiger partial charge in [-0.15, -0.1) is 0 Å². The average molecular weight is 672 g/mol. The molecule has 0 saturated carbocycles. The molecule has 0 heterocycles. The first-order chi connectivity index (χ1) is 22.3. The summed E-state index contributed by atoms with van der Waals surface area (Å²) in [6.07, 6.45) is 33.2. The number of rotatable bonds is 33. The number of hydrogen-bond donors (Lipinski definition) is 2. The van der Waals surface area contributed by atoms with Gasteiger partial charge in [-0.1, -0.05) is 121 Å². The second-order valence-electron chi connectivity index (χ2n) is 11.7. The smallest absolute Gasteiger partial charge is 0.462 e. The number of unbranched alkanes of at least 4 members (excludes halogenated alkanes) is 14. The van der Waals surface area contributed by atoms with Crippen LogP contribution in [0.3, 0.4) is 0 Å². The lowest BCUT2D eigenvalue weighted by atomic mass is 10.1. The van der Waals surface area contributed by atoms with Crippen LogP contribution in [0.5, 0.6) is 0 Å². The monoisotopic (exact) mass is 671 g/mol. The van der Waals surface area contributed by atoms with E-state index in [9.17, 15) is 19.0 Å². The minimum Gasteiger partial charge on any atom is -0.462 e. The molecule has 0 bridgehead atoms. The molecule has 0 rings (SSSR count). The zero-order valence-corrected chi connectivity index (χ0v) is 29.9. The molecule has 0 saturated heterocycles. The first-order valence-electron chi connectivity index (χ1n) is 18.0. The van der Waals surface area contributed by atoms with E-state index in [0.717, 1.165) is 51.4 Å². The molecule has 0 aliphatic rings. The maximum absolute atomic E-state index is 12.5. The van der Waals surface area contributed by atoms with Gasteiger partial charge in [0.05, 0.1) is 13.2 Å². The molecule has 0 spiro atoms. The van der Waals surface area contributed by atoms with E-state index in [2.05, 4.69) is 50.3 Å². The maximum Gasteiger partial charge on any atom is 0.472 e. The predicted molar refractivity (Wildman–Crippen MR) is 187 cm³/mol. The maximum atomic E-state index is 12.5. The molecular weight excluding hydrogens is 605 g/mol. The molecule has 268 valence electrons. The molecule has 0 aromatic heterocycles. The van der Waals surface area contributed by atoms with Crippen LogP contribution in [0.4, 0.5) is 0 Å². The number of hydrogen-bond acceptors (Lipinski definition) is 8. The van der Waals surface area contributed by atoms with Crippen LogP contribution >= 0.6 is 7.82 Å². The van der Waals surface area contributed by atoms with Crippen molar-refractivity contribution >= 4 is 19.8 Å². The number of carbonyl (C=O) groups excluding carboxylic acids is 2. The Morgan fingerprint density at radius 2 is 1.13 bits per heavy atom. The number of ether oxygens (including phenoxy) is 2. The van der Waals surface area contributed by atoms with Gasteiger partial charge in [0.15, 0.2) is 6.10 Å². The SMILES string of the molecule is CCCCC/C=C/C/C=C/C/C=C/CCCCC(=O)O[C@H](COC(=O)CCCCCCCCCCCC)COP(=O)(O)OCCN. The highest BCUT2D eigenvalue weighted by molar-refractivity contribution is 7.47. The van der Waals surface area contributed by atoms with Crippen molar-refractivity contribution in [3.05, 3.63) is 36.5 Å². The quantitative estimate of drug-likeness (QED) is 0.0303. The molecule has 10 heteroatoms. The highest BCUT2D eigenvalue weighted by Crippen LogP contribution is 2.43. The fraction of sp³-hybridized carbons (Fsp3) is 0.778. The van der Waals surface area contributed by atoms with Gasteiger partial charge < -0.3 is 20.1 Å². The van der Waals surface area contributed by atoms with E-state index in [0.29, 0.717) is 6.42 Å². The van der Waals surface area contributed by atoms with Crippen molar-refractivity contribution in [2.75, 3.05) is 26.4 Å². The Bertz CT molecular complexity index is 861. The molecule has 2 atom stereocenters. The lowest BCUT2D eigenvalue weighted by molar-refractivity contribution is -0.161. The number of nitrogens with two attached hydrogens (primary N) is 1. The van der Waals surface area contributed by atoms with Gasteiger partial charge in [0.1, 0.15) is 6.61 Å². The van der Waals surface area contributed by atoms with Crippen LogP contribution in [0.1, 0.15) is 149 Å². The fourth-order valence-electron chi connectivity index (χ4n) is 4.58. The topological polar surface area (TPSA) is 134 Å². The number of phosphoric acid groups is 1. The van der Waals surface area contributed by atoms with Crippen LogP contribution in [-0.4, -0.2) is 49.3 Å². The molecule has 1 unspecified atom stereocenters. The van der Waals surface area contributed by atoms with Crippen molar-refractivity contribution in [1.82, 2.24) is 0 Å². The molecule has 0 amide bonds. The van der Waals surface area contributed by atoms with Gasteiger partial charge in [0.25, 0.3) is 0 Å². The number of phosphoric ester groups is 1. The van der Waals surface area contributed by atoms with Gasteiger partial charge in [0.2, 0.25) is 0 Å². The molecular formula is C36H66NO8P. The van der Waals surface area contributed by atoms with Gasteiger partial charge in [-0.25, -0.2) is 4.57 Å². The summed E-state index contributed by atoms with van der Waals surface area (Å²) >= 11 is 0. The largest absolute Gasteiger partial charge is 0.472 e. The second-order valence-corrected chi connectivity index (χ2v) is 13.2. The first kappa shape index (κ1) is 44.2. The Balaban J connectivity index is 4.34. The van der Waals surface area contributed by atoms with Crippen molar-refractivity contribution < 1.29 is 37.6 Å². The van der Waals surface area contributed by atoms with E-state index in [-0.39, 0.29) is 32.6 Å².